The van der Waals surface area contributed by atoms with E-state index in [-0.39, 0.29) is 11.8 Å². The molecular formula is C17H20N2O3. The molecular weight excluding hydrogens is 280 g/mol. The van der Waals surface area contributed by atoms with Gasteiger partial charge in [0.15, 0.2) is 0 Å². The number of nitrogens with one attached hydrogen (secondary N) is 1. The van der Waals surface area contributed by atoms with E-state index in [1.54, 1.807) is 0 Å². The van der Waals surface area contributed by atoms with Gasteiger partial charge in [-0.15, -0.1) is 0 Å². The molecule has 0 unspecified atom stereocenters. The molecule has 0 saturated carbocycles. The van der Waals surface area contributed by atoms with Crippen LogP contribution >= 0.6 is 0 Å². The second-order valence-corrected chi connectivity index (χ2v) is 5.48. The lowest BCUT2D eigenvalue weighted by molar-refractivity contribution is -0.125. The minimum absolute atomic E-state index is 0.0122. The summed E-state index contributed by atoms with van der Waals surface area (Å²) in [6.07, 6.45) is 0.805. The number of rotatable bonds is 5. The van der Waals surface area contributed by atoms with Gasteiger partial charge in [0.1, 0.15) is 17.9 Å². The van der Waals surface area contributed by atoms with Crippen molar-refractivity contribution >= 4 is 16.8 Å². The maximum atomic E-state index is 11.9. The number of amides is 1. The van der Waals surface area contributed by atoms with Gasteiger partial charge in [-0.05, 0) is 25.5 Å². The van der Waals surface area contributed by atoms with Crippen molar-refractivity contribution in [3.63, 3.8) is 0 Å². The summed E-state index contributed by atoms with van der Waals surface area (Å²) in [5.74, 6) is 0.787. The number of pyridine rings is 1. The molecule has 1 atom stereocenters. The second kappa shape index (κ2) is 6.75. The number of aryl methyl sites for hydroxylation is 1. The smallest absolute Gasteiger partial charge is 0.225 e. The lowest BCUT2D eigenvalue weighted by atomic mass is 10.1. The third kappa shape index (κ3) is 3.36. The van der Waals surface area contributed by atoms with Gasteiger partial charge in [-0.3, -0.25) is 4.79 Å². The number of nitrogens with zero attached hydrogens (tertiary/aromatic N) is 1. The molecule has 1 aliphatic rings. The second-order valence-electron chi connectivity index (χ2n) is 5.48. The Morgan fingerprint density at radius 1 is 1.41 bits per heavy atom. The van der Waals surface area contributed by atoms with Crippen LogP contribution in [0.5, 0.6) is 5.75 Å². The first kappa shape index (κ1) is 14.8. The molecule has 0 bridgehead atoms. The topological polar surface area (TPSA) is 60.5 Å². The van der Waals surface area contributed by atoms with Crippen molar-refractivity contribution in [3.8, 4) is 5.75 Å². The standard InChI is InChI=1S/C17H20N2O3/c1-12-5-6-13-3-2-4-15(16(13)19-12)22-10-8-18-17(20)14-7-9-21-11-14/h2-6,14H,7-11H2,1H3,(H,18,20)/t14-/m0/s1. The molecule has 1 aromatic carbocycles. The van der Waals surface area contributed by atoms with E-state index in [1.165, 1.54) is 0 Å². The van der Waals surface area contributed by atoms with Gasteiger partial charge in [0.05, 0.1) is 19.1 Å². The molecule has 0 spiro atoms. The summed E-state index contributed by atoms with van der Waals surface area (Å²) in [5.41, 5.74) is 1.82. The molecule has 1 amide bonds. The van der Waals surface area contributed by atoms with Gasteiger partial charge in [0.25, 0.3) is 0 Å². The Labute approximate surface area is 129 Å². The van der Waals surface area contributed by atoms with Crippen molar-refractivity contribution < 1.29 is 14.3 Å². The van der Waals surface area contributed by atoms with Crippen LogP contribution in [0.3, 0.4) is 0 Å². The SMILES string of the molecule is Cc1ccc2cccc(OCCNC(=O)[C@H]3CCOC3)c2n1. The lowest BCUT2D eigenvalue weighted by Gasteiger charge is -2.11. The third-order valence-electron chi connectivity index (χ3n) is 3.78. The summed E-state index contributed by atoms with van der Waals surface area (Å²) in [6, 6.07) is 9.88. The first-order chi connectivity index (χ1) is 10.7. The molecule has 1 saturated heterocycles. The van der Waals surface area contributed by atoms with E-state index in [4.69, 9.17) is 9.47 Å². The summed E-state index contributed by atoms with van der Waals surface area (Å²) in [7, 11) is 0. The van der Waals surface area contributed by atoms with Crippen molar-refractivity contribution in [2.45, 2.75) is 13.3 Å². The summed E-state index contributed by atoms with van der Waals surface area (Å²) in [4.78, 5) is 16.4. The average Bonchev–Trinajstić information content (AvgIpc) is 3.06. The molecule has 5 heteroatoms. The van der Waals surface area contributed by atoms with E-state index in [1.807, 2.05) is 37.3 Å². The van der Waals surface area contributed by atoms with Crippen LogP contribution in [0.15, 0.2) is 30.3 Å². The van der Waals surface area contributed by atoms with Crippen LogP contribution in [-0.2, 0) is 9.53 Å². The highest BCUT2D eigenvalue weighted by molar-refractivity contribution is 5.84. The van der Waals surface area contributed by atoms with Gasteiger partial charge in [0, 0.05) is 17.7 Å². The highest BCUT2D eigenvalue weighted by atomic mass is 16.5. The fraction of sp³-hybridized carbons (Fsp3) is 0.412. The highest BCUT2D eigenvalue weighted by Crippen LogP contribution is 2.23. The number of para-hydroxylation sites is 1. The predicted octanol–water partition coefficient (Wildman–Crippen LogP) is 2.07. The fourth-order valence-electron chi connectivity index (χ4n) is 2.55. The molecule has 0 radical (unpaired) electrons. The molecule has 2 heterocycles. The van der Waals surface area contributed by atoms with Crippen LogP contribution in [0.25, 0.3) is 10.9 Å². The predicted molar refractivity (Wildman–Crippen MR) is 83.9 cm³/mol. The maximum Gasteiger partial charge on any atom is 0.225 e. The Kier molecular flexibility index (Phi) is 4.53. The van der Waals surface area contributed by atoms with Crippen molar-refractivity contribution in [3.05, 3.63) is 36.0 Å². The molecule has 1 aliphatic heterocycles. The zero-order valence-electron chi connectivity index (χ0n) is 12.7. The number of ether oxygens (including phenoxy) is 2. The fourth-order valence-corrected chi connectivity index (χ4v) is 2.55. The zero-order valence-corrected chi connectivity index (χ0v) is 12.7. The Bertz CT molecular complexity index is 666. The number of aromatic nitrogens is 1. The van der Waals surface area contributed by atoms with E-state index in [2.05, 4.69) is 10.3 Å². The summed E-state index contributed by atoms with van der Waals surface area (Å²) >= 11 is 0. The van der Waals surface area contributed by atoms with Crippen LogP contribution in [0.2, 0.25) is 0 Å². The van der Waals surface area contributed by atoms with Crippen molar-refractivity contribution in [1.82, 2.24) is 10.3 Å². The minimum Gasteiger partial charge on any atom is -0.489 e. The summed E-state index contributed by atoms with van der Waals surface area (Å²) in [5, 5.41) is 3.94. The Hall–Kier alpha value is -2.14. The lowest BCUT2D eigenvalue weighted by Crippen LogP contribution is -2.33. The number of carbonyl (C=O) groups excluding carboxylic acids is 1. The van der Waals surface area contributed by atoms with Gasteiger partial charge in [-0.25, -0.2) is 4.98 Å². The molecule has 116 valence electrons. The normalized spacial score (nSPS) is 17.6. The van der Waals surface area contributed by atoms with Crippen LogP contribution in [0, 0.1) is 12.8 Å². The van der Waals surface area contributed by atoms with E-state index < -0.39 is 0 Å². The van der Waals surface area contributed by atoms with Gasteiger partial charge < -0.3 is 14.8 Å². The Balaban J connectivity index is 1.55. The quantitative estimate of drug-likeness (QED) is 0.859. The molecule has 3 rings (SSSR count). The van der Waals surface area contributed by atoms with Crippen LogP contribution < -0.4 is 10.1 Å². The number of carbonyl (C=O) groups is 1. The van der Waals surface area contributed by atoms with E-state index in [9.17, 15) is 4.79 Å². The van der Waals surface area contributed by atoms with Gasteiger partial charge >= 0.3 is 0 Å². The van der Waals surface area contributed by atoms with Crippen molar-refractivity contribution in [2.24, 2.45) is 5.92 Å². The monoisotopic (exact) mass is 300 g/mol. The first-order valence-electron chi connectivity index (χ1n) is 7.58. The van der Waals surface area contributed by atoms with Crippen molar-refractivity contribution in [1.29, 1.82) is 0 Å². The maximum absolute atomic E-state index is 11.9. The summed E-state index contributed by atoms with van der Waals surface area (Å²) in [6.45, 7) is 4.07. The number of hydrogen-bond donors (Lipinski definition) is 1. The summed E-state index contributed by atoms with van der Waals surface area (Å²) < 4.78 is 11.0. The first-order valence-corrected chi connectivity index (χ1v) is 7.58. The largest absolute Gasteiger partial charge is 0.489 e. The van der Waals surface area contributed by atoms with Crippen LogP contribution in [0.4, 0.5) is 0 Å². The van der Waals surface area contributed by atoms with E-state index in [0.29, 0.717) is 26.4 Å². The van der Waals surface area contributed by atoms with Gasteiger partial charge in [-0.2, -0.15) is 0 Å². The average molecular weight is 300 g/mol. The van der Waals surface area contributed by atoms with E-state index in [0.717, 1.165) is 28.8 Å². The number of benzene rings is 1. The number of fused-ring (bicyclic) bond motifs is 1. The van der Waals surface area contributed by atoms with Crippen LogP contribution in [-0.4, -0.2) is 37.3 Å². The van der Waals surface area contributed by atoms with Gasteiger partial charge in [-0.1, -0.05) is 18.2 Å². The molecule has 1 aromatic heterocycles. The molecule has 1 N–H and O–H groups in total. The minimum atomic E-state index is -0.0122. The molecule has 0 aliphatic carbocycles. The number of hydrogen-bond acceptors (Lipinski definition) is 4. The molecule has 2 aromatic rings. The molecule has 22 heavy (non-hydrogen) atoms. The third-order valence-corrected chi connectivity index (χ3v) is 3.78. The van der Waals surface area contributed by atoms with Gasteiger partial charge in [0.2, 0.25) is 5.91 Å². The van der Waals surface area contributed by atoms with Crippen molar-refractivity contribution in [2.75, 3.05) is 26.4 Å². The molecule has 1 fully saturated rings. The van der Waals surface area contributed by atoms with Crippen LogP contribution in [0.1, 0.15) is 12.1 Å². The Morgan fingerprint density at radius 3 is 3.14 bits per heavy atom. The highest BCUT2D eigenvalue weighted by Gasteiger charge is 2.22. The Morgan fingerprint density at radius 2 is 2.32 bits per heavy atom. The molecule has 5 nitrogen and oxygen atoms in total. The van der Waals surface area contributed by atoms with E-state index >= 15 is 0 Å². The zero-order chi connectivity index (χ0) is 15.4.